The number of phosphoric ester groups is 2. The summed E-state index contributed by atoms with van der Waals surface area (Å²) in [5.74, 6) is 0.887. The summed E-state index contributed by atoms with van der Waals surface area (Å²) in [6.45, 7) is 14.1. The van der Waals surface area contributed by atoms with E-state index in [0.717, 1.165) is 114 Å². The molecule has 17 nitrogen and oxygen atoms in total. The van der Waals surface area contributed by atoms with Gasteiger partial charge in [0.25, 0.3) is 0 Å². The molecule has 95 heavy (non-hydrogen) atoms. The lowest BCUT2D eigenvalue weighted by Crippen LogP contribution is -2.30. The van der Waals surface area contributed by atoms with Crippen LogP contribution >= 0.6 is 15.6 Å². The van der Waals surface area contributed by atoms with Crippen molar-refractivity contribution in [1.82, 2.24) is 0 Å². The molecule has 0 aliphatic heterocycles. The van der Waals surface area contributed by atoms with Crippen LogP contribution in [0, 0.1) is 23.7 Å². The molecule has 5 atom stereocenters. The van der Waals surface area contributed by atoms with Gasteiger partial charge in [0.2, 0.25) is 0 Å². The highest BCUT2D eigenvalue weighted by Gasteiger charge is 2.30. The average Bonchev–Trinajstić information content (AvgIpc) is 1.77. The molecule has 0 spiro atoms. The second-order valence-electron chi connectivity index (χ2n) is 29.3. The zero-order chi connectivity index (χ0) is 70.3. The maximum absolute atomic E-state index is 13.1. The van der Waals surface area contributed by atoms with Gasteiger partial charge in [0.05, 0.1) is 26.4 Å². The van der Waals surface area contributed by atoms with E-state index in [-0.39, 0.29) is 25.7 Å². The maximum atomic E-state index is 13.1. The minimum atomic E-state index is -4.96. The Labute approximate surface area is 581 Å². The Bertz CT molecular complexity index is 1870. The highest BCUT2D eigenvalue weighted by molar-refractivity contribution is 7.47. The molecule has 0 rings (SSSR count). The lowest BCUT2D eigenvalue weighted by Gasteiger charge is -2.21. The van der Waals surface area contributed by atoms with Crippen molar-refractivity contribution in [2.45, 2.75) is 401 Å². The summed E-state index contributed by atoms with van der Waals surface area (Å²) < 4.78 is 68.5. The molecule has 19 heteroatoms. The minimum Gasteiger partial charge on any atom is -0.462 e. The van der Waals surface area contributed by atoms with Crippen LogP contribution < -0.4 is 0 Å². The predicted octanol–water partition coefficient (Wildman–Crippen LogP) is 22.0. The zero-order valence-electron chi connectivity index (χ0n) is 62.3. The summed E-state index contributed by atoms with van der Waals surface area (Å²) in [5, 5.41) is 10.6. The predicted molar refractivity (Wildman–Crippen MR) is 386 cm³/mol. The molecule has 0 fully saturated rings. The molecule has 2 unspecified atom stereocenters. The maximum Gasteiger partial charge on any atom is 0.472 e. The fraction of sp³-hybridized carbons (Fsp3) is 0.947. The first-order valence-electron chi connectivity index (χ1n) is 39.2. The molecule has 0 aromatic rings. The summed E-state index contributed by atoms with van der Waals surface area (Å²) in [6.07, 6.45) is 50.1. The van der Waals surface area contributed by atoms with Crippen LogP contribution in [-0.4, -0.2) is 96.7 Å². The van der Waals surface area contributed by atoms with Gasteiger partial charge in [-0.05, 0) is 49.4 Å². The van der Waals surface area contributed by atoms with Gasteiger partial charge in [-0.25, -0.2) is 9.13 Å². The fourth-order valence-corrected chi connectivity index (χ4v) is 13.1. The van der Waals surface area contributed by atoms with E-state index >= 15 is 0 Å². The first-order chi connectivity index (χ1) is 45.6. The third-order valence-electron chi connectivity index (χ3n) is 17.6. The highest BCUT2D eigenvalue weighted by atomic mass is 31.2. The molecule has 0 aromatic carbocycles. The number of carbonyl (C=O) groups excluding carboxylic acids is 4. The second kappa shape index (κ2) is 65.4. The largest absolute Gasteiger partial charge is 0.472 e. The zero-order valence-corrected chi connectivity index (χ0v) is 64.1. The van der Waals surface area contributed by atoms with Gasteiger partial charge in [-0.15, -0.1) is 0 Å². The molecular formula is C76H148O17P2. The van der Waals surface area contributed by atoms with Gasteiger partial charge >= 0.3 is 39.5 Å². The quantitative estimate of drug-likeness (QED) is 0.0222. The molecule has 0 amide bonds. The van der Waals surface area contributed by atoms with Crippen molar-refractivity contribution in [2.75, 3.05) is 39.6 Å². The van der Waals surface area contributed by atoms with Gasteiger partial charge in [0, 0.05) is 25.7 Å². The molecule has 0 aliphatic carbocycles. The Kier molecular flexibility index (Phi) is 64.0. The van der Waals surface area contributed by atoms with E-state index in [4.69, 9.17) is 37.0 Å². The van der Waals surface area contributed by atoms with Crippen molar-refractivity contribution in [3.63, 3.8) is 0 Å². The fourth-order valence-electron chi connectivity index (χ4n) is 11.6. The van der Waals surface area contributed by atoms with E-state index in [1.54, 1.807) is 0 Å². The van der Waals surface area contributed by atoms with Crippen molar-refractivity contribution in [3.8, 4) is 0 Å². The SMILES string of the molecule is CC(C)CCCCCCCCCCCCCCCCC(=O)OC[C@H](COP(=O)(O)OC[C@@H](O)COP(=O)(O)OC[C@@H](COC(=O)CCCCCCCCC(C)C)OC(=O)CCCCCCCCCCCC(C)C)OC(=O)CCCCCCCCCCCCCCCCC(C)C. The number of phosphoric acid groups is 2. The average molecular weight is 1400 g/mol. The van der Waals surface area contributed by atoms with Crippen LogP contribution in [0.2, 0.25) is 0 Å². The number of hydrogen-bond acceptors (Lipinski definition) is 15. The van der Waals surface area contributed by atoms with E-state index in [9.17, 15) is 43.2 Å². The topological polar surface area (TPSA) is 237 Å². The molecule has 0 aromatic heterocycles. The number of esters is 4. The van der Waals surface area contributed by atoms with E-state index in [1.807, 2.05) is 0 Å². The van der Waals surface area contributed by atoms with Gasteiger partial charge in [0.1, 0.15) is 19.3 Å². The third-order valence-corrected chi connectivity index (χ3v) is 19.5. The molecule has 3 N–H and O–H groups in total. The Hall–Kier alpha value is -1.94. The summed E-state index contributed by atoms with van der Waals surface area (Å²) >= 11 is 0. The molecule has 0 saturated carbocycles. The Balaban J connectivity index is 5.23. The lowest BCUT2D eigenvalue weighted by molar-refractivity contribution is -0.161. The summed E-state index contributed by atoms with van der Waals surface area (Å²) in [4.78, 5) is 72.8. The van der Waals surface area contributed by atoms with E-state index < -0.39 is 97.5 Å². The van der Waals surface area contributed by atoms with E-state index in [2.05, 4.69) is 55.4 Å². The van der Waals surface area contributed by atoms with Crippen LogP contribution in [0.5, 0.6) is 0 Å². The lowest BCUT2D eigenvalue weighted by atomic mass is 10.0. The molecule has 564 valence electrons. The Morgan fingerprint density at radius 3 is 0.653 bits per heavy atom. The Morgan fingerprint density at radius 1 is 0.263 bits per heavy atom. The first kappa shape index (κ1) is 93.1. The van der Waals surface area contributed by atoms with Gasteiger partial charge in [-0.1, -0.05) is 331 Å². The van der Waals surface area contributed by atoms with Crippen LogP contribution in [0.15, 0.2) is 0 Å². The van der Waals surface area contributed by atoms with Gasteiger partial charge in [0.15, 0.2) is 12.2 Å². The minimum absolute atomic E-state index is 0.104. The number of carbonyl (C=O) groups is 4. The molecule has 0 bridgehead atoms. The summed E-state index contributed by atoms with van der Waals surface area (Å²) in [6, 6.07) is 0. The number of ether oxygens (including phenoxy) is 4. The van der Waals surface area contributed by atoms with Crippen molar-refractivity contribution < 1.29 is 80.2 Å². The van der Waals surface area contributed by atoms with Crippen molar-refractivity contribution in [1.29, 1.82) is 0 Å². The monoisotopic (exact) mass is 1400 g/mol. The summed E-state index contributed by atoms with van der Waals surface area (Å²) in [5.41, 5.74) is 0. The normalized spacial score (nSPS) is 14.1. The van der Waals surface area contributed by atoms with Crippen molar-refractivity contribution >= 4 is 39.5 Å². The Morgan fingerprint density at radius 2 is 0.442 bits per heavy atom. The van der Waals surface area contributed by atoms with E-state index in [0.29, 0.717) is 31.6 Å². The van der Waals surface area contributed by atoms with E-state index in [1.165, 1.54) is 180 Å². The second-order valence-corrected chi connectivity index (χ2v) is 32.2. The van der Waals surface area contributed by atoms with Crippen LogP contribution in [-0.2, 0) is 65.4 Å². The van der Waals surface area contributed by atoms with Crippen LogP contribution in [0.1, 0.15) is 383 Å². The van der Waals surface area contributed by atoms with Crippen LogP contribution in [0.4, 0.5) is 0 Å². The molecule has 0 radical (unpaired) electrons. The molecule has 0 heterocycles. The summed E-state index contributed by atoms with van der Waals surface area (Å²) in [7, 11) is -9.91. The molecule has 0 saturated heterocycles. The van der Waals surface area contributed by atoms with Crippen LogP contribution in [0.25, 0.3) is 0 Å². The van der Waals surface area contributed by atoms with Gasteiger partial charge < -0.3 is 33.8 Å². The number of aliphatic hydroxyl groups is 1. The number of hydrogen-bond donors (Lipinski definition) is 3. The van der Waals surface area contributed by atoms with Crippen molar-refractivity contribution in [3.05, 3.63) is 0 Å². The number of rotatable bonds is 73. The number of unbranched alkanes of at least 4 members (excludes halogenated alkanes) is 39. The molecular weight excluding hydrogens is 1250 g/mol. The standard InChI is InChI=1S/C76H148O17P2/c1-66(2)52-44-36-28-22-17-13-9-11-15-19-25-31-40-48-56-73(78)86-62-71(92-75(80)58-50-42-32-26-20-16-12-10-14-18-23-29-37-45-53-67(3)4)64-90-94(82,83)88-60-70(77)61-89-95(84,85)91-65-72(63-87-74(79)57-49-41-35-34-39-47-55-69(7)8)93-76(81)59-51-43-33-27-21-24-30-38-46-54-68(5)6/h66-72,77H,9-65H2,1-8H3,(H,82,83)(H,84,85)/t70-,71-,72-/m1/s1. The van der Waals surface area contributed by atoms with Crippen LogP contribution in [0.3, 0.4) is 0 Å². The van der Waals surface area contributed by atoms with Crippen molar-refractivity contribution in [2.24, 2.45) is 23.7 Å². The molecule has 0 aliphatic rings. The van der Waals surface area contributed by atoms with Gasteiger partial charge in [-0.3, -0.25) is 37.3 Å². The number of aliphatic hydroxyl groups excluding tert-OH is 1. The highest BCUT2D eigenvalue weighted by Crippen LogP contribution is 2.45. The third kappa shape index (κ3) is 70.3. The first-order valence-corrected chi connectivity index (χ1v) is 42.2. The smallest absolute Gasteiger partial charge is 0.462 e. The van der Waals surface area contributed by atoms with Gasteiger partial charge in [-0.2, -0.15) is 0 Å².